The second kappa shape index (κ2) is 8.20. The summed E-state index contributed by atoms with van der Waals surface area (Å²) in [6, 6.07) is 32.0. The topological polar surface area (TPSA) is 52.6 Å². The maximum atomic E-state index is 13.8. The lowest BCUT2D eigenvalue weighted by Crippen LogP contribution is -2.42. The fourth-order valence-corrected chi connectivity index (χ4v) is 6.56. The molecule has 0 N–H and O–H groups in total. The molecular weight excluding hydrogens is 448 g/mol. The van der Waals surface area contributed by atoms with E-state index in [4.69, 9.17) is 9.47 Å². The molecule has 6 rings (SSSR count). The van der Waals surface area contributed by atoms with Gasteiger partial charge in [0.05, 0.1) is 14.2 Å². The third-order valence-corrected chi connectivity index (χ3v) is 8.07. The number of methoxy groups -OCH3 is 2. The van der Waals surface area contributed by atoms with Gasteiger partial charge in [-0.2, -0.15) is 0 Å². The van der Waals surface area contributed by atoms with E-state index in [0.717, 1.165) is 44.5 Å². The van der Waals surface area contributed by atoms with Gasteiger partial charge in [-0.15, -0.1) is 0 Å². The predicted molar refractivity (Wildman–Crippen MR) is 139 cm³/mol. The molecular formula is C32H26O4. The van der Waals surface area contributed by atoms with Gasteiger partial charge in [-0.05, 0) is 57.3 Å². The Bertz CT molecular complexity index is 1310. The van der Waals surface area contributed by atoms with Crippen LogP contribution in [-0.4, -0.2) is 26.2 Å². The van der Waals surface area contributed by atoms with Crippen molar-refractivity contribution < 1.29 is 19.1 Å². The third-order valence-electron chi connectivity index (χ3n) is 8.07. The number of ether oxygens (including phenoxy) is 2. The molecule has 4 heteroatoms. The average molecular weight is 475 g/mol. The number of hydrogen-bond acceptors (Lipinski definition) is 4. The first-order valence-electron chi connectivity index (χ1n) is 12.1. The molecule has 2 aliphatic rings. The second-order valence-corrected chi connectivity index (χ2v) is 9.48. The van der Waals surface area contributed by atoms with Gasteiger partial charge in [0.15, 0.2) is 0 Å². The Morgan fingerprint density at radius 1 is 0.500 bits per heavy atom. The molecule has 0 saturated heterocycles. The minimum Gasteiger partial charge on any atom is -0.468 e. The van der Waals surface area contributed by atoms with Crippen molar-refractivity contribution in [3.8, 4) is 22.3 Å². The first-order chi connectivity index (χ1) is 17.6. The molecule has 0 spiro atoms. The minimum absolute atomic E-state index is 0.320. The highest BCUT2D eigenvalue weighted by molar-refractivity contribution is 6.00. The monoisotopic (exact) mass is 474 g/mol. The van der Waals surface area contributed by atoms with E-state index in [1.54, 1.807) is 0 Å². The van der Waals surface area contributed by atoms with Crippen LogP contribution in [0, 0.1) is 0 Å². The third kappa shape index (κ3) is 2.75. The van der Waals surface area contributed by atoms with Gasteiger partial charge < -0.3 is 9.47 Å². The quantitative estimate of drug-likeness (QED) is 0.331. The van der Waals surface area contributed by atoms with Crippen LogP contribution in [-0.2, 0) is 29.9 Å². The Labute approximate surface area is 210 Å². The summed E-state index contributed by atoms with van der Waals surface area (Å²) < 4.78 is 10.9. The smallest absolute Gasteiger partial charge is 0.320 e. The summed E-state index contributed by atoms with van der Waals surface area (Å²) in [5.41, 5.74) is 5.70. The van der Waals surface area contributed by atoms with E-state index in [0.29, 0.717) is 12.8 Å². The van der Waals surface area contributed by atoms with Gasteiger partial charge >= 0.3 is 11.9 Å². The van der Waals surface area contributed by atoms with Gasteiger partial charge in [0, 0.05) is 0 Å². The minimum atomic E-state index is -1.03. The van der Waals surface area contributed by atoms with Crippen LogP contribution in [0.1, 0.15) is 35.1 Å². The summed E-state index contributed by atoms with van der Waals surface area (Å²) in [7, 11) is 2.87. The molecule has 4 nitrogen and oxygen atoms in total. The molecule has 0 atom stereocenters. The van der Waals surface area contributed by atoms with E-state index >= 15 is 0 Å². The Kier molecular flexibility index (Phi) is 5.08. The summed E-state index contributed by atoms with van der Waals surface area (Å²) in [4.78, 5) is 27.5. The number of carbonyl (C=O) groups excluding carboxylic acids is 2. The standard InChI is InChI=1S/C32H26O4/c1-35-29(33)31(25-15-7-3-11-21(25)22-12-4-8-16-26(22)31)19-20-32(30(34)36-2)27-17-9-5-13-23(27)24-14-6-10-18-28(24)32/h3-18H,19-20H2,1-2H3. The van der Waals surface area contributed by atoms with Gasteiger partial charge in [0.25, 0.3) is 0 Å². The average Bonchev–Trinajstić information content (AvgIpc) is 3.40. The number of fused-ring (bicyclic) bond motifs is 6. The lowest BCUT2D eigenvalue weighted by atomic mass is 9.67. The van der Waals surface area contributed by atoms with E-state index in [2.05, 4.69) is 24.3 Å². The summed E-state index contributed by atoms with van der Waals surface area (Å²) in [5.74, 6) is -0.640. The summed E-state index contributed by atoms with van der Waals surface area (Å²) in [6.07, 6.45) is 0.761. The van der Waals surface area contributed by atoms with E-state index in [9.17, 15) is 9.59 Å². The highest BCUT2D eigenvalue weighted by Gasteiger charge is 2.55. The van der Waals surface area contributed by atoms with Gasteiger partial charge in [-0.25, -0.2) is 0 Å². The molecule has 178 valence electrons. The Morgan fingerprint density at radius 3 is 1.00 bits per heavy atom. The highest BCUT2D eigenvalue weighted by atomic mass is 16.5. The van der Waals surface area contributed by atoms with Crippen LogP contribution in [0.25, 0.3) is 22.3 Å². The summed E-state index contributed by atoms with van der Waals surface area (Å²) >= 11 is 0. The van der Waals surface area contributed by atoms with E-state index < -0.39 is 10.8 Å². The van der Waals surface area contributed by atoms with Crippen molar-refractivity contribution in [3.63, 3.8) is 0 Å². The number of esters is 2. The Hall–Kier alpha value is -4.18. The molecule has 0 bridgehead atoms. The van der Waals surface area contributed by atoms with Gasteiger partial charge in [0.2, 0.25) is 0 Å². The van der Waals surface area contributed by atoms with Gasteiger partial charge in [-0.3, -0.25) is 9.59 Å². The van der Waals surface area contributed by atoms with Crippen molar-refractivity contribution in [3.05, 3.63) is 119 Å². The molecule has 36 heavy (non-hydrogen) atoms. The van der Waals surface area contributed by atoms with E-state index in [1.165, 1.54) is 14.2 Å². The van der Waals surface area contributed by atoms with Crippen molar-refractivity contribution >= 4 is 11.9 Å². The largest absolute Gasteiger partial charge is 0.468 e. The van der Waals surface area contributed by atoms with Crippen molar-refractivity contribution in [2.24, 2.45) is 0 Å². The maximum absolute atomic E-state index is 13.8. The predicted octanol–water partition coefficient (Wildman–Crippen LogP) is 6.05. The molecule has 0 aromatic heterocycles. The molecule has 0 unspecified atom stereocenters. The zero-order chi connectivity index (χ0) is 24.9. The van der Waals surface area contributed by atoms with Crippen LogP contribution in [0.2, 0.25) is 0 Å². The number of carbonyl (C=O) groups is 2. The molecule has 0 heterocycles. The fraction of sp³-hybridized carbons (Fsp3) is 0.188. The molecule has 0 aliphatic heterocycles. The molecule has 4 aromatic rings. The number of rotatable bonds is 5. The van der Waals surface area contributed by atoms with Crippen LogP contribution in [0.3, 0.4) is 0 Å². The zero-order valence-electron chi connectivity index (χ0n) is 20.3. The normalized spacial score (nSPS) is 15.3. The van der Waals surface area contributed by atoms with Gasteiger partial charge in [-0.1, -0.05) is 97.1 Å². The van der Waals surface area contributed by atoms with Crippen molar-refractivity contribution in [2.75, 3.05) is 14.2 Å². The fourth-order valence-electron chi connectivity index (χ4n) is 6.56. The molecule has 0 fully saturated rings. The second-order valence-electron chi connectivity index (χ2n) is 9.48. The highest BCUT2D eigenvalue weighted by Crippen LogP contribution is 2.57. The first kappa shape index (κ1) is 22.3. The van der Waals surface area contributed by atoms with Crippen molar-refractivity contribution in [1.29, 1.82) is 0 Å². The van der Waals surface area contributed by atoms with Crippen LogP contribution in [0.4, 0.5) is 0 Å². The first-order valence-corrected chi connectivity index (χ1v) is 12.1. The number of hydrogen-bond donors (Lipinski definition) is 0. The molecule has 0 amide bonds. The summed E-state index contributed by atoms with van der Waals surface area (Å²) in [6.45, 7) is 0. The zero-order valence-corrected chi connectivity index (χ0v) is 20.3. The molecule has 0 saturated carbocycles. The van der Waals surface area contributed by atoms with Crippen LogP contribution >= 0.6 is 0 Å². The van der Waals surface area contributed by atoms with Crippen molar-refractivity contribution in [1.82, 2.24) is 0 Å². The van der Waals surface area contributed by atoms with Gasteiger partial charge in [0.1, 0.15) is 10.8 Å². The Morgan fingerprint density at radius 2 is 0.750 bits per heavy atom. The SMILES string of the molecule is COC(=O)C1(CCC2(C(=O)OC)c3ccccc3-c3ccccc32)c2ccccc2-c2ccccc21. The molecule has 4 aromatic carbocycles. The van der Waals surface area contributed by atoms with Crippen LogP contribution < -0.4 is 0 Å². The Balaban J connectivity index is 1.58. The molecule has 2 aliphatic carbocycles. The summed E-state index contributed by atoms with van der Waals surface area (Å²) in [5, 5.41) is 0. The van der Waals surface area contributed by atoms with Crippen LogP contribution in [0.5, 0.6) is 0 Å². The lowest BCUT2D eigenvalue weighted by Gasteiger charge is -2.35. The van der Waals surface area contributed by atoms with Crippen molar-refractivity contribution in [2.45, 2.75) is 23.7 Å². The maximum Gasteiger partial charge on any atom is 0.320 e. The lowest BCUT2D eigenvalue weighted by molar-refractivity contribution is -0.149. The van der Waals surface area contributed by atoms with E-state index in [1.807, 2.05) is 72.8 Å². The number of benzene rings is 4. The molecule has 0 radical (unpaired) electrons. The van der Waals surface area contributed by atoms with Crippen LogP contribution in [0.15, 0.2) is 97.1 Å². The van der Waals surface area contributed by atoms with E-state index in [-0.39, 0.29) is 11.9 Å².